The predicted molar refractivity (Wildman–Crippen MR) is 77.9 cm³/mol. The molecule has 1 fully saturated rings. The number of pyridine rings is 1. The summed E-state index contributed by atoms with van der Waals surface area (Å²) in [6.07, 6.45) is 3.87. The van der Waals surface area contributed by atoms with Crippen LogP contribution in [0.3, 0.4) is 0 Å². The fourth-order valence-corrected chi connectivity index (χ4v) is 2.23. The minimum atomic E-state index is 0.414. The van der Waals surface area contributed by atoms with Crippen LogP contribution in [0.1, 0.15) is 12.8 Å². The van der Waals surface area contributed by atoms with E-state index in [1.54, 1.807) is 18.3 Å². The highest BCUT2D eigenvalue weighted by Gasteiger charge is 2.20. The Labute approximate surface area is 120 Å². The molecule has 0 radical (unpaired) electrons. The van der Waals surface area contributed by atoms with E-state index in [4.69, 9.17) is 17.3 Å². The van der Waals surface area contributed by atoms with Crippen molar-refractivity contribution in [3.8, 4) is 0 Å². The number of hydrogen-bond acceptors (Lipinski definition) is 6. The Morgan fingerprint density at radius 2 is 2.05 bits per heavy atom. The van der Waals surface area contributed by atoms with Crippen LogP contribution < -0.4 is 10.6 Å². The third-order valence-electron chi connectivity index (χ3n) is 3.13. The van der Waals surface area contributed by atoms with Crippen molar-refractivity contribution in [3.63, 3.8) is 0 Å². The summed E-state index contributed by atoms with van der Waals surface area (Å²) in [5.41, 5.74) is 7.05. The van der Waals surface area contributed by atoms with Crippen molar-refractivity contribution in [2.75, 3.05) is 23.7 Å². The third kappa shape index (κ3) is 2.57. The van der Waals surface area contributed by atoms with Gasteiger partial charge in [0.05, 0.1) is 6.20 Å². The lowest BCUT2D eigenvalue weighted by atomic mass is 10.4. The van der Waals surface area contributed by atoms with E-state index in [0.717, 1.165) is 31.7 Å². The van der Waals surface area contributed by atoms with Crippen molar-refractivity contribution in [2.24, 2.45) is 10.2 Å². The molecule has 1 aliphatic heterocycles. The van der Waals surface area contributed by atoms with Crippen molar-refractivity contribution in [1.82, 2.24) is 15.2 Å². The summed E-state index contributed by atoms with van der Waals surface area (Å²) in [6.45, 7) is 1.94. The average molecular weight is 292 g/mol. The standard InChI is InChI=1S/C12H14ClN7/c13-9-4-3-8(7-15-9)16-17-10-11(14)18-19-12(10)20-5-1-2-6-20/h3-4,7H,1-2,5-6H2,(H3,14,18,19). The lowest BCUT2D eigenvalue weighted by Gasteiger charge is -2.13. The topological polar surface area (TPSA) is 95.6 Å². The number of nitrogens with zero attached hydrogens (tertiary/aromatic N) is 5. The van der Waals surface area contributed by atoms with E-state index in [1.165, 1.54) is 0 Å². The number of nitrogen functional groups attached to an aromatic ring is 1. The maximum absolute atomic E-state index is 5.86. The van der Waals surface area contributed by atoms with Gasteiger partial charge in [0.1, 0.15) is 16.7 Å². The second-order valence-electron chi connectivity index (χ2n) is 4.54. The molecule has 0 atom stereocenters. The third-order valence-corrected chi connectivity index (χ3v) is 3.36. The number of azo groups is 1. The summed E-state index contributed by atoms with van der Waals surface area (Å²) < 4.78 is 0. The number of nitrogens with one attached hydrogen (secondary N) is 1. The number of aromatic amines is 1. The summed E-state index contributed by atoms with van der Waals surface area (Å²) >= 11 is 5.72. The van der Waals surface area contributed by atoms with Gasteiger partial charge in [0.25, 0.3) is 0 Å². The van der Waals surface area contributed by atoms with Crippen LogP contribution >= 0.6 is 11.6 Å². The van der Waals surface area contributed by atoms with Crippen molar-refractivity contribution in [3.05, 3.63) is 23.5 Å². The quantitative estimate of drug-likeness (QED) is 0.671. The lowest BCUT2D eigenvalue weighted by Crippen LogP contribution is -2.18. The van der Waals surface area contributed by atoms with Gasteiger partial charge in [0.2, 0.25) is 0 Å². The van der Waals surface area contributed by atoms with Crippen molar-refractivity contribution in [2.45, 2.75) is 12.8 Å². The summed E-state index contributed by atoms with van der Waals surface area (Å²) in [5, 5.41) is 15.7. The van der Waals surface area contributed by atoms with Crippen LogP contribution in [0.15, 0.2) is 28.6 Å². The highest BCUT2D eigenvalue weighted by Crippen LogP contribution is 2.34. The van der Waals surface area contributed by atoms with Crippen molar-refractivity contribution >= 4 is 34.6 Å². The molecule has 0 unspecified atom stereocenters. The molecule has 2 aromatic heterocycles. The highest BCUT2D eigenvalue weighted by atomic mass is 35.5. The molecular formula is C12H14ClN7. The van der Waals surface area contributed by atoms with Crippen LogP contribution in [-0.4, -0.2) is 28.3 Å². The van der Waals surface area contributed by atoms with Gasteiger partial charge in [0.15, 0.2) is 11.5 Å². The molecule has 1 aliphatic rings. The van der Waals surface area contributed by atoms with Gasteiger partial charge in [-0.05, 0) is 25.0 Å². The first-order valence-corrected chi connectivity index (χ1v) is 6.74. The van der Waals surface area contributed by atoms with Gasteiger partial charge in [0, 0.05) is 13.1 Å². The zero-order valence-electron chi connectivity index (χ0n) is 10.8. The molecule has 0 bridgehead atoms. The molecule has 3 N–H and O–H groups in total. The lowest BCUT2D eigenvalue weighted by molar-refractivity contribution is 0.920. The molecule has 3 rings (SSSR count). The van der Waals surface area contributed by atoms with Crippen LogP contribution in [-0.2, 0) is 0 Å². The van der Waals surface area contributed by atoms with E-state index in [1.807, 2.05) is 0 Å². The van der Waals surface area contributed by atoms with E-state index >= 15 is 0 Å². The van der Waals surface area contributed by atoms with Crippen LogP contribution in [0.5, 0.6) is 0 Å². The monoisotopic (exact) mass is 291 g/mol. The molecule has 1 saturated heterocycles. The summed E-state index contributed by atoms with van der Waals surface area (Å²) in [4.78, 5) is 6.10. The Morgan fingerprint density at radius 1 is 1.25 bits per heavy atom. The summed E-state index contributed by atoms with van der Waals surface area (Å²) in [7, 11) is 0. The van der Waals surface area contributed by atoms with Crippen LogP contribution in [0, 0.1) is 0 Å². The van der Waals surface area contributed by atoms with Crippen LogP contribution in [0.2, 0.25) is 5.15 Å². The fourth-order valence-electron chi connectivity index (χ4n) is 2.12. The summed E-state index contributed by atoms with van der Waals surface area (Å²) in [6, 6.07) is 3.40. The van der Waals surface area contributed by atoms with Crippen LogP contribution in [0.25, 0.3) is 0 Å². The normalized spacial score (nSPS) is 15.3. The number of halogens is 1. The minimum Gasteiger partial charge on any atom is -0.382 e. The number of rotatable bonds is 3. The van der Waals surface area contributed by atoms with Crippen molar-refractivity contribution < 1.29 is 0 Å². The SMILES string of the molecule is Nc1[nH]nc(N2CCCC2)c1N=Nc1ccc(Cl)nc1. The fraction of sp³-hybridized carbons (Fsp3) is 0.333. The van der Waals surface area contributed by atoms with Gasteiger partial charge in [-0.25, -0.2) is 4.98 Å². The molecular weight excluding hydrogens is 278 g/mol. The maximum atomic E-state index is 5.86. The number of nitrogens with two attached hydrogens (primary N) is 1. The number of H-pyrrole nitrogens is 1. The molecule has 0 amide bonds. The van der Waals surface area contributed by atoms with Gasteiger partial charge in [-0.1, -0.05) is 11.6 Å². The Morgan fingerprint density at radius 3 is 2.75 bits per heavy atom. The van der Waals surface area contributed by atoms with Gasteiger partial charge in [-0.15, -0.1) is 10.2 Å². The van der Waals surface area contributed by atoms with Gasteiger partial charge < -0.3 is 10.6 Å². The molecule has 20 heavy (non-hydrogen) atoms. The highest BCUT2D eigenvalue weighted by molar-refractivity contribution is 6.29. The minimum absolute atomic E-state index is 0.414. The Hall–Kier alpha value is -2.15. The molecule has 7 nitrogen and oxygen atoms in total. The van der Waals surface area contributed by atoms with Gasteiger partial charge >= 0.3 is 0 Å². The molecule has 0 saturated carbocycles. The first-order valence-electron chi connectivity index (χ1n) is 6.36. The zero-order chi connectivity index (χ0) is 13.9. The summed E-state index contributed by atoms with van der Waals surface area (Å²) in [5.74, 6) is 1.17. The average Bonchev–Trinajstić information content (AvgIpc) is 3.08. The largest absolute Gasteiger partial charge is 0.382 e. The van der Waals surface area contributed by atoms with E-state index < -0.39 is 0 Å². The molecule has 2 aromatic rings. The smallest absolute Gasteiger partial charge is 0.180 e. The van der Waals surface area contributed by atoms with E-state index in [-0.39, 0.29) is 0 Å². The molecule has 0 aliphatic carbocycles. The molecule has 0 spiro atoms. The molecule has 104 valence electrons. The van der Waals surface area contributed by atoms with Crippen LogP contribution in [0.4, 0.5) is 23.0 Å². The second kappa shape index (κ2) is 5.46. The Bertz CT molecular complexity index is 613. The Balaban J connectivity index is 1.86. The molecule has 0 aromatic carbocycles. The first kappa shape index (κ1) is 12.9. The maximum Gasteiger partial charge on any atom is 0.180 e. The number of aromatic nitrogens is 3. The van der Waals surface area contributed by atoms with Crippen molar-refractivity contribution in [1.29, 1.82) is 0 Å². The van der Waals surface area contributed by atoms with E-state index in [9.17, 15) is 0 Å². The number of hydrogen-bond donors (Lipinski definition) is 2. The predicted octanol–water partition coefficient (Wildman–Crippen LogP) is 3.06. The first-order chi connectivity index (χ1) is 9.74. The second-order valence-corrected chi connectivity index (χ2v) is 4.93. The Kier molecular flexibility index (Phi) is 3.51. The van der Waals surface area contributed by atoms with E-state index in [2.05, 4.69) is 30.3 Å². The van der Waals surface area contributed by atoms with Gasteiger partial charge in [-0.2, -0.15) is 5.10 Å². The van der Waals surface area contributed by atoms with Gasteiger partial charge in [-0.3, -0.25) is 5.10 Å². The zero-order valence-corrected chi connectivity index (χ0v) is 11.5. The van der Waals surface area contributed by atoms with E-state index in [0.29, 0.717) is 22.3 Å². The number of anilines is 2. The molecule has 8 heteroatoms. The molecule has 3 heterocycles.